The van der Waals surface area contributed by atoms with Crippen LogP contribution in [0.1, 0.15) is 0 Å². The zero-order chi connectivity index (χ0) is 45.9. The van der Waals surface area contributed by atoms with Crippen LogP contribution in [0.15, 0.2) is 243 Å². The van der Waals surface area contributed by atoms with Gasteiger partial charge in [-0.05, 0) is 91.0 Å². The lowest BCUT2D eigenvalue weighted by atomic mass is 10.1. The summed E-state index contributed by atoms with van der Waals surface area (Å²) in [6.07, 6.45) is 0. The minimum absolute atomic E-state index is 0.858. The number of rotatable bonds is 6. The van der Waals surface area contributed by atoms with Crippen molar-refractivity contribution in [2.24, 2.45) is 0 Å². The molecule has 0 saturated carbocycles. The standard InChI is InChI=1S/C64H40N6/c1-7-29-54-45(21-1)46-22-2-8-30-55(46)67(54)43-19-13-17-41(39-43)52-27-15-35-61(65-52)69-59-34-12-6-26-51(59)63-60(69)38-37-50-49-25-5-11-33-58(49)70(64(50)63)62-36-16-28-53(66-62)42-18-14-20-44(40-42)68-56-31-9-3-23-47(56)48-24-4-10-32-57(48)68/h1-40H. The minimum atomic E-state index is 0.858. The van der Waals surface area contributed by atoms with E-state index < -0.39 is 0 Å². The fraction of sp³-hybridized carbons (Fsp3) is 0. The van der Waals surface area contributed by atoms with Gasteiger partial charge in [0.2, 0.25) is 0 Å². The quantitative estimate of drug-likeness (QED) is 0.167. The van der Waals surface area contributed by atoms with Crippen LogP contribution >= 0.6 is 0 Å². The second-order valence-corrected chi connectivity index (χ2v) is 18.2. The molecule has 15 rings (SSSR count). The summed E-state index contributed by atoms with van der Waals surface area (Å²) in [4.78, 5) is 11.0. The van der Waals surface area contributed by atoms with Crippen molar-refractivity contribution in [1.82, 2.24) is 28.2 Å². The summed E-state index contributed by atoms with van der Waals surface area (Å²) in [5.74, 6) is 1.72. The molecule has 0 aliphatic carbocycles. The molecule has 15 aromatic rings. The fourth-order valence-corrected chi connectivity index (χ4v) is 11.4. The van der Waals surface area contributed by atoms with E-state index in [-0.39, 0.29) is 0 Å². The van der Waals surface area contributed by atoms with Crippen molar-refractivity contribution in [3.05, 3.63) is 243 Å². The van der Waals surface area contributed by atoms with Gasteiger partial charge in [0.1, 0.15) is 11.6 Å². The third-order valence-corrected chi connectivity index (χ3v) is 14.4. The SMILES string of the molecule is c1cc(-c2cccc(-n3c4ccccc4c4c3ccc3c5ccccc5n(-c5cccc(-c6cccc(-n7c8ccccc8c8ccccc87)c6)n5)c34)n2)cc(-n2c3ccccc3c3ccccc32)c1. The molecular formula is C64H40N6. The zero-order valence-electron chi connectivity index (χ0n) is 37.8. The van der Waals surface area contributed by atoms with E-state index in [1.165, 1.54) is 54.4 Å². The predicted molar refractivity (Wildman–Crippen MR) is 290 cm³/mol. The molecule has 0 bridgehead atoms. The van der Waals surface area contributed by atoms with Gasteiger partial charge in [0.25, 0.3) is 0 Å². The Morgan fingerprint density at radius 1 is 0.243 bits per heavy atom. The molecule has 0 atom stereocenters. The first-order valence-corrected chi connectivity index (χ1v) is 23.8. The summed E-state index contributed by atoms with van der Waals surface area (Å²) in [5.41, 5.74) is 15.2. The number of aromatic nitrogens is 6. The Morgan fingerprint density at radius 3 is 1.09 bits per heavy atom. The smallest absolute Gasteiger partial charge is 0.138 e. The number of hydrogen-bond acceptors (Lipinski definition) is 2. The number of para-hydroxylation sites is 6. The van der Waals surface area contributed by atoms with Crippen molar-refractivity contribution in [3.63, 3.8) is 0 Å². The van der Waals surface area contributed by atoms with Crippen LogP contribution in [0, 0.1) is 0 Å². The van der Waals surface area contributed by atoms with E-state index in [0.29, 0.717) is 0 Å². The van der Waals surface area contributed by atoms with Gasteiger partial charge in [0.15, 0.2) is 0 Å². The molecule has 70 heavy (non-hydrogen) atoms. The minimum Gasteiger partial charge on any atom is -0.309 e. The third-order valence-electron chi connectivity index (χ3n) is 14.4. The van der Waals surface area contributed by atoms with Crippen molar-refractivity contribution in [2.75, 3.05) is 0 Å². The molecule has 6 heterocycles. The Morgan fingerprint density at radius 2 is 0.614 bits per heavy atom. The summed E-state index contributed by atoms with van der Waals surface area (Å²) in [6, 6.07) is 87.0. The van der Waals surface area contributed by atoms with Crippen LogP contribution in [0.2, 0.25) is 0 Å². The normalized spacial score (nSPS) is 12.0. The highest BCUT2D eigenvalue weighted by Crippen LogP contribution is 2.43. The Bertz CT molecular complexity index is 4510. The first kappa shape index (κ1) is 38.6. The van der Waals surface area contributed by atoms with Gasteiger partial charge in [0, 0.05) is 65.6 Å². The molecule has 0 N–H and O–H groups in total. The van der Waals surface area contributed by atoms with Crippen molar-refractivity contribution in [1.29, 1.82) is 0 Å². The van der Waals surface area contributed by atoms with Crippen molar-refractivity contribution < 1.29 is 0 Å². The van der Waals surface area contributed by atoms with Crippen LogP contribution in [0.25, 0.3) is 133 Å². The molecule has 0 unspecified atom stereocenters. The molecule has 6 nitrogen and oxygen atoms in total. The molecule has 0 fully saturated rings. The molecule has 326 valence electrons. The second-order valence-electron chi connectivity index (χ2n) is 18.2. The van der Waals surface area contributed by atoms with Gasteiger partial charge in [-0.2, -0.15) is 0 Å². The molecule has 0 saturated heterocycles. The Labute approximate surface area is 401 Å². The summed E-state index contributed by atoms with van der Waals surface area (Å²) >= 11 is 0. The van der Waals surface area contributed by atoms with Gasteiger partial charge in [-0.1, -0.05) is 152 Å². The van der Waals surface area contributed by atoms with E-state index >= 15 is 0 Å². The Hall–Kier alpha value is -9.52. The number of nitrogens with zero attached hydrogens (tertiary/aromatic N) is 6. The molecule has 0 aliphatic rings. The molecule has 0 spiro atoms. The van der Waals surface area contributed by atoms with Crippen molar-refractivity contribution in [3.8, 4) is 45.5 Å². The Balaban J connectivity index is 0.895. The predicted octanol–water partition coefficient (Wildman–Crippen LogP) is 16.2. The van der Waals surface area contributed by atoms with Gasteiger partial charge >= 0.3 is 0 Å². The summed E-state index contributed by atoms with van der Waals surface area (Å²) in [5, 5.41) is 9.64. The van der Waals surface area contributed by atoms with Crippen LogP contribution in [-0.2, 0) is 0 Å². The maximum absolute atomic E-state index is 5.52. The van der Waals surface area contributed by atoms with E-state index in [1.54, 1.807) is 0 Å². The van der Waals surface area contributed by atoms with Crippen LogP contribution in [-0.4, -0.2) is 28.2 Å². The van der Waals surface area contributed by atoms with E-state index in [9.17, 15) is 0 Å². The van der Waals surface area contributed by atoms with Gasteiger partial charge in [-0.3, -0.25) is 9.13 Å². The lowest BCUT2D eigenvalue weighted by Gasteiger charge is -2.13. The van der Waals surface area contributed by atoms with Crippen LogP contribution in [0.3, 0.4) is 0 Å². The average molecular weight is 893 g/mol. The number of hydrogen-bond donors (Lipinski definition) is 0. The first-order valence-electron chi connectivity index (χ1n) is 23.8. The second kappa shape index (κ2) is 15.0. The highest BCUT2D eigenvalue weighted by Gasteiger charge is 2.23. The van der Waals surface area contributed by atoms with Crippen LogP contribution in [0.5, 0.6) is 0 Å². The average Bonchev–Trinajstić information content (AvgIpc) is 4.16. The molecule has 6 aromatic heterocycles. The van der Waals surface area contributed by atoms with Crippen molar-refractivity contribution >= 4 is 87.2 Å². The highest BCUT2D eigenvalue weighted by molar-refractivity contribution is 6.26. The number of pyridine rings is 2. The number of benzene rings is 9. The molecule has 0 aliphatic heterocycles. The highest BCUT2D eigenvalue weighted by atomic mass is 15.1. The number of fused-ring (bicyclic) bond motifs is 13. The summed E-state index contributed by atoms with van der Waals surface area (Å²) in [7, 11) is 0. The molecule has 0 amide bonds. The van der Waals surface area contributed by atoms with E-state index in [0.717, 1.165) is 78.4 Å². The lowest BCUT2D eigenvalue weighted by molar-refractivity contribution is 1.08. The van der Waals surface area contributed by atoms with Gasteiger partial charge in [0.05, 0.1) is 55.5 Å². The molecule has 9 aromatic carbocycles. The largest absolute Gasteiger partial charge is 0.309 e. The molecule has 0 radical (unpaired) electrons. The first-order chi connectivity index (χ1) is 34.7. The van der Waals surface area contributed by atoms with Gasteiger partial charge < -0.3 is 9.13 Å². The van der Waals surface area contributed by atoms with Crippen LogP contribution in [0.4, 0.5) is 0 Å². The lowest BCUT2D eigenvalue weighted by Crippen LogP contribution is -2.00. The maximum Gasteiger partial charge on any atom is 0.138 e. The topological polar surface area (TPSA) is 45.5 Å². The van der Waals surface area contributed by atoms with E-state index in [1.807, 2.05) is 0 Å². The third kappa shape index (κ3) is 5.62. The van der Waals surface area contributed by atoms with Crippen molar-refractivity contribution in [2.45, 2.75) is 0 Å². The zero-order valence-corrected chi connectivity index (χ0v) is 37.8. The monoisotopic (exact) mass is 892 g/mol. The summed E-state index contributed by atoms with van der Waals surface area (Å²) < 4.78 is 9.43. The molecule has 6 heteroatoms. The Kier molecular flexibility index (Phi) is 8.26. The molecular weight excluding hydrogens is 853 g/mol. The van der Waals surface area contributed by atoms with Gasteiger partial charge in [-0.25, -0.2) is 9.97 Å². The van der Waals surface area contributed by atoms with Gasteiger partial charge in [-0.15, -0.1) is 0 Å². The van der Waals surface area contributed by atoms with E-state index in [2.05, 4.69) is 261 Å². The van der Waals surface area contributed by atoms with E-state index in [4.69, 9.17) is 9.97 Å². The fourth-order valence-electron chi connectivity index (χ4n) is 11.4. The maximum atomic E-state index is 5.52. The van der Waals surface area contributed by atoms with Crippen LogP contribution < -0.4 is 0 Å². The summed E-state index contributed by atoms with van der Waals surface area (Å²) in [6.45, 7) is 0.